The smallest absolute Gasteiger partial charge is 0.343 e. The molecule has 5 heteroatoms. The van der Waals surface area contributed by atoms with E-state index in [1.54, 1.807) is 18.5 Å². The van der Waals surface area contributed by atoms with Crippen molar-refractivity contribution in [2.75, 3.05) is 6.61 Å². The Labute approximate surface area is 145 Å². The molecule has 25 heavy (non-hydrogen) atoms. The van der Waals surface area contributed by atoms with Gasteiger partial charge >= 0.3 is 5.97 Å². The van der Waals surface area contributed by atoms with E-state index in [0.29, 0.717) is 11.9 Å². The summed E-state index contributed by atoms with van der Waals surface area (Å²) in [6.07, 6.45) is 4.75. The van der Waals surface area contributed by atoms with Crippen LogP contribution in [0.5, 0.6) is 0 Å². The highest BCUT2D eigenvalue weighted by atomic mass is 16.5. The van der Waals surface area contributed by atoms with Crippen molar-refractivity contribution in [3.8, 4) is 11.3 Å². The number of carbonyl (C=O) groups is 1. The van der Waals surface area contributed by atoms with Gasteiger partial charge in [-0.2, -0.15) is 0 Å². The zero-order valence-electron chi connectivity index (χ0n) is 13.9. The molecule has 0 N–H and O–H groups in total. The first kappa shape index (κ1) is 16.6. The van der Waals surface area contributed by atoms with E-state index >= 15 is 0 Å². The van der Waals surface area contributed by atoms with Gasteiger partial charge in [-0.3, -0.25) is 9.78 Å². The van der Waals surface area contributed by atoms with Gasteiger partial charge < -0.3 is 9.30 Å². The van der Waals surface area contributed by atoms with Crippen LogP contribution in [-0.2, 0) is 11.3 Å². The summed E-state index contributed by atoms with van der Waals surface area (Å²) in [5.74, 6) is -0.636. The summed E-state index contributed by atoms with van der Waals surface area (Å²) in [5, 5.41) is 0.481. The van der Waals surface area contributed by atoms with Gasteiger partial charge in [0.05, 0.1) is 11.2 Å². The van der Waals surface area contributed by atoms with Gasteiger partial charge in [0.2, 0.25) is 5.43 Å². The number of hydrogen-bond acceptors (Lipinski definition) is 4. The van der Waals surface area contributed by atoms with Crippen molar-refractivity contribution >= 4 is 16.9 Å². The van der Waals surface area contributed by atoms with Crippen LogP contribution in [0.2, 0.25) is 0 Å². The average Bonchev–Trinajstić information content (AvgIpc) is 2.67. The highest BCUT2D eigenvalue weighted by Gasteiger charge is 2.16. The maximum atomic E-state index is 12.7. The number of benzene rings is 1. The second-order valence-electron chi connectivity index (χ2n) is 5.49. The van der Waals surface area contributed by atoms with E-state index in [9.17, 15) is 9.59 Å². The Morgan fingerprint density at radius 2 is 2.16 bits per heavy atom. The number of carbonyl (C=O) groups excluding carboxylic acids is 1. The van der Waals surface area contributed by atoms with Crippen molar-refractivity contribution in [3.05, 3.63) is 77.2 Å². The molecule has 0 aliphatic heterocycles. The number of aryl methyl sites for hydroxylation is 1. The van der Waals surface area contributed by atoms with Gasteiger partial charge in [-0.05, 0) is 31.2 Å². The molecule has 0 fully saturated rings. The molecule has 126 valence electrons. The molecule has 0 amide bonds. The third-order valence-electron chi connectivity index (χ3n) is 3.93. The Balaban J connectivity index is 2.17. The number of aromatic nitrogens is 2. The number of fused-ring (bicyclic) bond motifs is 1. The Morgan fingerprint density at radius 1 is 1.32 bits per heavy atom. The molecule has 2 aromatic heterocycles. The van der Waals surface area contributed by atoms with Crippen LogP contribution < -0.4 is 5.43 Å². The van der Waals surface area contributed by atoms with Crippen molar-refractivity contribution < 1.29 is 9.53 Å². The summed E-state index contributed by atoms with van der Waals surface area (Å²) in [7, 11) is 0. The zero-order valence-corrected chi connectivity index (χ0v) is 13.9. The Hall–Kier alpha value is -3.21. The minimum atomic E-state index is -0.636. The molecular formula is C20H18N2O3. The van der Waals surface area contributed by atoms with Crippen LogP contribution >= 0.6 is 0 Å². The lowest BCUT2D eigenvalue weighted by molar-refractivity contribution is 0.0547. The van der Waals surface area contributed by atoms with Crippen LogP contribution in [0.15, 0.2) is 66.2 Å². The van der Waals surface area contributed by atoms with Crippen LogP contribution in [0.25, 0.3) is 22.2 Å². The Kier molecular flexibility index (Phi) is 4.75. The molecule has 3 rings (SSSR count). The van der Waals surface area contributed by atoms with E-state index in [1.807, 2.05) is 41.8 Å². The van der Waals surface area contributed by atoms with Crippen molar-refractivity contribution in [3.63, 3.8) is 0 Å². The van der Waals surface area contributed by atoms with Crippen molar-refractivity contribution in [1.82, 2.24) is 9.55 Å². The van der Waals surface area contributed by atoms with E-state index in [0.717, 1.165) is 16.8 Å². The summed E-state index contributed by atoms with van der Waals surface area (Å²) >= 11 is 0. The molecule has 0 atom stereocenters. The van der Waals surface area contributed by atoms with Gasteiger partial charge in [-0.15, -0.1) is 0 Å². The number of nitrogens with zero attached hydrogens (tertiary/aromatic N) is 2. The van der Waals surface area contributed by atoms with Crippen LogP contribution in [0, 0.1) is 0 Å². The third kappa shape index (κ3) is 3.21. The van der Waals surface area contributed by atoms with Crippen molar-refractivity contribution in [1.29, 1.82) is 0 Å². The van der Waals surface area contributed by atoms with E-state index in [2.05, 4.69) is 11.6 Å². The quantitative estimate of drug-likeness (QED) is 0.530. The third-order valence-corrected chi connectivity index (χ3v) is 3.93. The summed E-state index contributed by atoms with van der Waals surface area (Å²) in [4.78, 5) is 29.2. The monoisotopic (exact) mass is 334 g/mol. The summed E-state index contributed by atoms with van der Waals surface area (Å²) in [6, 6.07) is 11.2. The van der Waals surface area contributed by atoms with Crippen molar-refractivity contribution in [2.45, 2.75) is 13.5 Å². The first-order valence-electron chi connectivity index (χ1n) is 8.02. The van der Waals surface area contributed by atoms with Crippen LogP contribution in [0.4, 0.5) is 0 Å². The largest absolute Gasteiger partial charge is 0.458 e. The van der Waals surface area contributed by atoms with Gasteiger partial charge in [0.1, 0.15) is 12.2 Å². The van der Waals surface area contributed by atoms with Crippen LogP contribution in [-0.4, -0.2) is 22.1 Å². The number of ether oxygens (including phenoxy) is 1. The normalized spacial score (nSPS) is 10.6. The molecular weight excluding hydrogens is 316 g/mol. The van der Waals surface area contributed by atoms with E-state index in [1.165, 1.54) is 6.08 Å². The van der Waals surface area contributed by atoms with Crippen LogP contribution in [0.1, 0.15) is 17.3 Å². The molecule has 3 aromatic rings. The van der Waals surface area contributed by atoms with Gasteiger partial charge in [0, 0.05) is 29.9 Å². The lowest BCUT2D eigenvalue weighted by atomic mass is 10.1. The molecule has 0 aliphatic rings. The highest BCUT2D eigenvalue weighted by molar-refractivity contribution is 5.94. The second kappa shape index (κ2) is 7.13. The van der Waals surface area contributed by atoms with E-state index in [-0.39, 0.29) is 17.6 Å². The first-order chi connectivity index (χ1) is 12.2. The minimum absolute atomic E-state index is 0.0294. The second-order valence-corrected chi connectivity index (χ2v) is 5.49. The van der Waals surface area contributed by atoms with Crippen molar-refractivity contribution in [2.24, 2.45) is 0 Å². The van der Waals surface area contributed by atoms with E-state index < -0.39 is 5.97 Å². The lowest BCUT2D eigenvalue weighted by Gasteiger charge is -2.12. The number of pyridine rings is 2. The average molecular weight is 334 g/mol. The van der Waals surface area contributed by atoms with Gasteiger partial charge in [-0.1, -0.05) is 24.8 Å². The molecule has 0 saturated carbocycles. The summed E-state index contributed by atoms with van der Waals surface area (Å²) < 4.78 is 6.89. The Morgan fingerprint density at radius 3 is 2.84 bits per heavy atom. The topological polar surface area (TPSA) is 61.2 Å². The molecule has 0 unspecified atom stereocenters. The van der Waals surface area contributed by atoms with Gasteiger partial charge in [0.15, 0.2) is 0 Å². The highest BCUT2D eigenvalue weighted by Crippen LogP contribution is 2.22. The summed E-state index contributed by atoms with van der Waals surface area (Å²) in [5.41, 5.74) is 2.20. The number of hydrogen-bond donors (Lipinski definition) is 0. The molecule has 0 bridgehead atoms. The fourth-order valence-corrected chi connectivity index (χ4v) is 2.70. The molecule has 0 spiro atoms. The maximum Gasteiger partial charge on any atom is 0.343 e. The SMILES string of the molecule is C=CCOC(=O)c1cn(CC)c2cc(-c3ccccn3)ccc2c1=O. The molecule has 0 saturated heterocycles. The predicted molar refractivity (Wildman–Crippen MR) is 97.6 cm³/mol. The van der Waals surface area contributed by atoms with Gasteiger partial charge in [0.25, 0.3) is 0 Å². The summed E-state index contributed by atoms with van der Waals surface area (Å²) in [6.45, 7) is 6.14. The molecule has 5 nitrogen and oxygen atoms in total. The molecule has 0 aliphatic carbocycles. The van der Waals surface area contributed by atoms with Gasteiger partial charge in [-0.25, -0.2) is 4.79 Å². The molecule has 1 aromatic carbocycles. The fourth-order valence-electron chi connectivity index (χ4n) is 2.70. The standard InChI is InChI=1S/C20H18N2O3/c1-3-11-25-20(24)16-13-22(4-2)18-12-14(8-9-15(18)19(16)23)17-7-5-6-10-21-17/h3,5-10,12-13H,1,4,11H2,2H3. The molecule has 0 radical (unpaired) electrons. The van der Waals surface area contributed by atoms with E-state index in [4.69, 9.17) is 4.74 Å². The minimum Gasteiger partial charge on any atom is -0.458 e. The fraction of sp³-hybridized carbons (Fsp3) is 0.150. The zero-order chi connectivity index (χ0) is 17.8. The Bertz CT molecular complexity index is 991. The number of esters is 1. The molecule has 2 heterocycles. The first-order valence-corrected chi connectivity index (χ1v) is 8.02. The van der Waals surface area contributed by atoms with Crippen LogP contribution in [0.3, 0.4) is 0 Å². The maximum absolute atomic E-state index is 12.7. The number of rotatable bonds is 5. The predicted octanol–water partition coefficient (Wildman–Crippen LogP) is 3.43. The lowest BCUT2D eigenvalue weighted by Crippen LogP contribution is -2.20.